The Hall–Kier alpha value is -13.0. The van der Waals surface area contributed by atoms with Gasteiger partial charge in [0.15, 0.2) is 0 Å². The first-order valence-electron chi connectivity index (χ1n) is 44.0. The third-order valence-electron chi connectivity index (χ3n) is 23.8. The normalized spacial score (nSPS) is 25.3. The third-order valence-corrected chi connectivity index (χ3v) is 24.8. The number of aliphatic hydroxyl groups excluding tert-OH is 1. The van der Waals surface area contributed by atoms with Crippen molar-refractivity contribution in [3.63, 3.8) is 0 Å². The van der Waals surface area contributed by atoms with Gasteiger partial charge >= 0.3 is 0 Å². The van der Waals surface area contributed by atoms with E-state index in [2.05, 4.69) is 73.1 Å². The summed E-state index contributed by atoms with van der Waals surface area (Å²) in [7, 11) is 4.50. The van der Waals surface area contributed by atoms with Crippen molar-refractivity contribution in [1.29, 1.82) is 0 Å². The fourth-order valence-electron chi connectivity index (χ4n) is 16.3. The first kappa shape index (κ1) is 102. The number of phenolic OH excluding ortho intramolecular Hbond substituents is 1. The molecule has 0 bridgehead atoms. The smallest absolute Gasteiger partial charge is 0.246 e. The molecule has 131 heavy (non-hydrogen) atoms. The number of hydrogen-bond donors (Lipinski definition) is 19. The summed E-state index contributed by atoms with van der Waals surface area (Å²) in [6.07, 6.45) is 4.25. The van der Waals surface area contributed by atoms with Gasteiger partial charge in [-0.3, -0.25) is 86.4 Å². The molecule has 6 aromatic rings. The first-order chi connectivity index (χ1) is 62.5. The number of benzene rings is 3. The van der Waals surface area contributed by atoms with Crippen molar-refractivity contribution in [2.24, 2.45) is 22.9 Å². The first-order valence-corrected chi connectivity index (χ1v) is 45.1. The fraction of sp³-hybridized carbons (Fsp3) is 0.523. The molecule has 0 saturated carbocycles. The number of para-hydroxylation sites is 2. The van der Waals surface area contributed by atoms with Crippen molar-refractivity contribution >= 4 is 134 Å². The topological polar surface area (TPSA) is 631 Å². The second-order valence-corrected chi connectivity index (χ2v) is 34.6. The lowest BCUT2D eigenvalue weighted by Crippen LogP contribution is -2.61. The van der Waals surface area contributed by atoms with Crippen LogP contribution in [0.5, 0.6) is 5.75 Å². The SMILES string of the molecule is CCCC[C@H]1CN(C)[C@@H](CCCC)C(=O)N[C@@H](C)C(=O)N[C@H](C(=O)NCC(N)=O)CSCC(=O)N[C@@H](Cc2ccc(O)cc2)C(=O)N(C)[C@@H](C)C(=O)N[C@@H](CC(N)=O)C(=O)N2CCC[C@H]2C(=O)N[C@@H](Cc2cnc[nH]2)C(=O)N[C@@H](CCC(N)=O)C(=O)N2C[C@H](O)C[C@H]2C(=O)N[C@@H](Cc2c[nH]c3ccccc23)C(=O)N[C@@H](CCN)C(=O)N[C@@H](Cc2c[nH]c3ccccc23)C(=O)N1C. The molecule has 42 nitrogen and oxygen atoms in total. The number of H-pyrrole nitrogens is 3. The Morgan fingerprint density at radius 3 is 1.72 bits per heavy atom. The highest BCUT2D eigenvalue weighted by atomic mass is 32.2. The number of thioether (sulfide) groups is 1. The van der Waals surface area contributed by atoms with E-state index in [1.165, 1.54) is 62.6 Å². The molecule has 23 N–H and O–H groups in total. The van der Waals surface area contributed by atoms with Crippen LogP contribution in [0.3, 0.4) is 0 Å². The van der Waals surface area contributed by atoms with Gasteiger partial charge in [0.05, 0.1) is 37.2 Å². The number of carbonyl (C=O) groups is 17. The molecule has 0 aliphatic carbocycles. The number of likely N-dealkylation sites (N-methyl/N-ethyl adjacent to an activating group) is 3. The van der Waals surface area contributed by atoms with Crippen LogP contribution in [-0.4, -0.2) is 311 Å². The van der Waals surface area contributed by atoms with Gasteiger partial charge in [0, 0.05) is 130 Å². The van der Waals surface area contributed by atoms with E-state index in [0.717, 1.165) is 37.4 Å². The average molecular weight is 1840 g/mol. The van der Waals surface area contributed by atoms with Crippen molar-refractivity contribution in [2.75, 3.05) is 65.4 Å². The van der Waals surface area contributed by atoms with Gasteiger partial charge in [0.2, 0.25) is 100 Å². The van der Waals surface area contributed by atoms with Crippen molar-refractivity contribution in [2.45, 2.75) is 228 Å². The number of unbranched alkanes of at least 4 members (excludes halogenated alkanes) is 2. The minimum Gasteiger partial charge on any atom is -0.508 e. The van der Waals surface area contributed by atoms with E-state index >= 15 is 28.8 Å². The lowest BCUT2D eigenvalue weighted by molar-refractivity contribution is -0.145. The Kier molecular flexibility index (Phi) is 37.7. The van der Waals surface area contributed by atoms with Crippen LogP contribution >= 0.6 is 11.8 Å². The summed E-state index contributed by atoms with van der Waals surface area (Å²) in [6, 6.07) is -0.0762. The predicted octanol–water partition coefficient (Wildman–Crippen LogP) is -3.12. The molecule has 15 atom stereocenters. The number of aliphatic hydroxyl groups is 1. The number of fused-ring (bicyclic) bond motifs is 4. The van der Waals surface area contributed by atoms with Crippen LogP contribution in [-0.2, 0) is 107 Å². The highest BCUT2D eigenvalue weighted by molar-refractivity contribution is 8.00. The molecule has 9 rings (SSSR count). The second kappa shape index (κ2) is 48.6. The van der Waals surface area contributed by atoms with Gasteiger partial charge in [-0.15, -0.1) is 11.8 Å². The third kappa shape index (κ3) is 28.5. The van der Waals surface area contributed by atoms with E-state index < -0.39 is 236 Å². The zero-order chi connectivity index (χ0) is 95.4. The minimum absolute atomic E-state index is 0.0449. The number of hydrogen-bond acceptors (Lipinski definition) is 23. The van der Waals surface area contributed by atoms with Crippen LogP contribution < -0.4 is 76.1 Å². The highest BCUT2D eigenvalue weighted by Crippen LogP contribution is 2.28. The predicted molar refractivity (Wildman–Crippen MR) is 482 cm³/mol. The summed E-state index contributed by atoms with van der Waals surface area (Å²) < 4.78 is 0. The largest absolute Gasteiger partial charge is 0.508 e. The average Bonchev–Trinajstić information content (AvgIpc) is 1.36. The van der Waals surface area contributed by atoms with Gasteiger partial charge in [0.25, 0.3) is 0 Å². The molecule has 43 heteroatoms. The Morgan fingerprint density at radius 1 is 0.542 bits per heavy atom. The molecule has 0 spiro atoms. The molecule has 710 valence electrons. The van der Waals surface area contributed by atoms with Gasteiger partial charge in [-0.25, -0.2) is 4.98 Å². The number of nitrogens with one attached hydrogen (secondary N) is 13. The molecule has 3 saturated heterocycles. The number of aromatic nitrogens is 4. The lowest BCUT2D eigenvalue weighted by atomic mass is 10.00. The van der Waals surface area contributed by atoms with Crippen molar-refractivity contribution in [3.8, 4) is 5.75 Å². The maximum atomic E-state index is 15.7. The highest BCUT2D eigenvalue weighted by Gasteiger charge is 2.46. The molecule has 3 fully saturated rings. The van der Waals surface area contributed by atoms with Gasteiger partial charge in [-0.2, -0.15) is 0 Å². The summed E-state index contributed by atoms with van der Waals surface area (Å²) in [5.74, 6) is -16.3. The number of rotatable bonds is 24. The maximum absolute atomic E-state index is 15.7. The number of amides is 17. The Labute approximate surface area is 761 Å². The molecule has 3 aromatic heterocycles. The molecule has 0 unspecified atom stereocenters. The van der Waals surface area contributed by atoms with Gasteiger partial charge < -0.3 is 121 Å². The van der Waals surface area contributed by atoms with Gasteiger partial charge in [0.1, 0.15) is 78.3 Å². The summed E-state index contributed by atoms with van der Waals surface area (Å²) in [6.45, 7) is 5.08. The van der Waals surface area contributed by atoms with Gasteiger partial charge in [-0.05, 0) is 107 Å². The molecular weight excluding hydrogens is 1720 g/mol. The van der Waals surface area contributed by atoms with Crippen LogP contribution in [0.15, 0.2) is 97.7 Å². The summed E-state index contributed by atoms with van der Waals surface area (Å²) >= 11 is 0.814. The summed E-state index contributed by atoms with van der Waals surface area (Å²) in [5.41, 5.74) is 26.2. The van der Waals surface area contributed by atoms with E-state index in [1.54, 1.807) is 55.7 Å². The fourth-order valence-corrected chi connectivity index (χ4v) is 17.2. The van der Waals surface area contributed by atoms with E-state index in [0.29, 0.717) is 59.7 Å². The number of imidazole rings is 1. The number of nitrogens with zero attached hydrogens (tertiary/aromatic N) is 6. The molecule has 3 aromatic carbocycles. The molecule has 3 aliphatic heterocycles. The van der Waals surface area contributed by atoms with Crippen molar-refractivity contribution in [1.82, 2.24) is 97.6 Å². The zero-order valence-electron chi connectivity index (χ0n) is 74.6. The van der Waals surface area contributed by atoms with E-state index in [4.69, 9.17) is 22.9 Å². The minimum atomic E-state index is -1.79. The van der Waals surface area contributed by atoms with Gasteiger partial charge in [-0.1, -0.05) is 88.1 Å². The van der Waals surface area contributed by atoms with Crippen LogP contribution in [0.1, 0.15) is 134 Å². The Bertz CT molecular complexity index is 5050. The number of nitrogens with two attached hydrogens (primary N) is 4. The quantitative estimate of drug-likeness (QED) is 0.0285. The van der Waals surface area contributed by atoms with Crippen LogP contribution in [0, 0.1) is 0 Å². The number of aromatic hydroxyl groups is 1. The van der Waals surface area contributed by atoms with Crippen molar-refractivity contribution in [3.05, 3.63) is 120 Å². The Morgan fingerprint density at radius 2 is 1.11 bits per heavy atom. The number of carbonyl (C=O) groups excluding carboxylic acids is 17. The number of phenols is 1. The van der Waals surface area contributed by atoms with Crippen LogP contribution in [0.2, 0.25) is 0 Å². The summed E-state index contributed by atoms with van der Waals surface area (Å²) in [4.78, 5) is 265. The van der Waals surface area contributed by atoms with Crippen LogP contribution in [0.4, 0.5) is 0 Å². The number of primary amides is 3. The zero-order valence-corrected chi connectivity index (χ0v) is 75.4. The number of aromatic amines is 3. The van der Waals surface area contributed by atoms with Crippen molar-refractivity contribution < 1.29 is 91.7 Å². The Balaban J connectivity index is 1.08. The van der Waals surface area contributed by atoms with E-state index in [-0.39, 0.29) is 88.2 Å². The standard InChI is InChI=1S/C88H123N23O19S/c1-8-10-17-54-43-107(5)69(22-11-9-2)82(124)98-48(3)76(118)106-68(78(120)96-42-74(92)116)45-131-46-75(117)99-65(33-50-24-26-55(112)27-25-50)85(127)108(6)49(4)77(119)104-67(38-73(91)115)88(130)110-32-16-23-70(110)83(125)103-64(36-53-41-93-47-97-53)81(123)101-62(28-29-72(90)114)87(129)111-44-56(113)37-71(111)84(126)102-63(34-51-39-94-59-20-14-12-18-57(51)59)80(122)100-61(30-31-89)79(121)105-66(86(128)109(54)7)35-52-40-95-60-21-15-13-19-58(52)60/h12-15,18-21,24-27,39-41,47-49,54,56,61-71,94-95,112-113H,8-11,16-17,22-23,28-38,42-46,89H2,1-7H3,(H2,90,114)(H2,91,115)(H2,92,116)(H,93,97)(H,96,120)(H,98,124)(H,99,117)(H,100,122)(H,101,123)(H,102,126)(H,103,125)(H,104,119)(H,105,121)(H,106,118)/t48-,49-,54-,56+,61-,62-,63-,64-,65-,66-,67-,68-,69-,70-,71-/m0/s1. The van der Waals surface area contributed by atoms with Crippen LogP contribution in [0.25, 0.3) is 21.8 Å². The summed E-state index contributed by atoms with van der Waals surface area (Å²) in [5, 5.41) is 49.7. The monoisotopic (exact) mass is 1840 g/mol. The second-order valence-electron chi connectivity index (χ2n) is 33.6. The van der Waals surface area contributed by atoms with E-state index in [1.807, 2.05) is 38.1 Å². The molecule has 0 radical (unpaired) electrons. The van der Waals surface area contributed by atoms with E-state index in [9.17, 15) is 63.0 Å². The lowest BCUT2D eigenvalue weighted by Gasteiger charge is -2.37. The molecular formula is C88H123N23O19S. The maximum Gasteiger partial charge on any atom is 0.246 e. The molecule has 6 heterocycles. The molecule has 17 amide bonds. The molecule has 3 aliphatic rings.